The molecule has 7 heteroatoms. The molecule has 1 aromatic heterocycles. The van der Waals surface area contributed by atoms with E-state index in [1.165, 1.54) is 11.9 Å². The molecule has 34 heavy (non-hydrogen) atoms. The maximum Gasteiger partial charge on any atom is 0.410 e. The Morgan fingerprint density at radius 1 is 1.00 bits per heavy atom. The average Bonchev–Trinajstić information content (AvgIpc) is 3.34. The summed E-state index contributed by atoms with van der Waals surface area (Å²) in [5.41, 5.74) is 6.20. The highest BCUT2D eigenvalue weighted by Gasteiger charge is 2.32. The number of amides is 1. The van der Waals surface area contributed by atoms with Crippen LogP contribution >= 0.6 is 15.9 Å². The van der Waals surface area contributed by atoms with E-state index in [1.54, 1.807) is 0 Å². The summed E-state index contributed by atoms with van der Waals surface area (Å²) in [6.07, 6.45) is -0.522. The molecule has 5 rings (SSSR count). The van der Waals surface area contributed by atoms with Gasteiger partial charge in [-0.2, -0.15) is 0 Å². The molecule has 0 saturated heterocycles. The molecule has 1 atom stereocenters. The van der Waals surface area contributed by atoms with Crippen LogP contribution in [0.2, 0.25) is 0 Å². The van der Waals surface area contributed by atoms with Crippen LogP contribution in [0.1, 0.15) is 22.6 Å². The number of halogens is 1. The first-order chi connectivity index (χ1) is 16.5. The highest BCUT2D eigenvalue weighted by Crippen LogP contribution is 2.44. The molecule has 0 unspecified atom stereocenters. The highest BCUT2D eigenvalue weighted by atomic mass is 79.9. The summed E-state index contributed by atoms with van der Waals surface area (Å²) in [5.74, 6) is -1.18. The van der Waals surface area contributed by atoms with E-state index in [0.717, 1.165) is 38.7 Å². The van der Waals surface area contributed by atoms with Crippen LogP contribution in [-0.4, -0.2) is 46.7 Å². The van der Waals surface area contributed by atoms with E-state index in [9.17, 15) is 14.7 Å². The van der Waals surface area contributed by atoms with Gasteiger partial charge in [0.15, 0.2) is 0 Å². The zero-order chi connectivity index (χ0) is 23.8. The number of carbonyl (C=O) groups excluding carboxylic acids is 1. The predicted molar refractivity (Wildman–Crippen MR) is 134 cm³/mol. The average molecular weight is 519 g/mol. The molecule has 0 radical (unpaired) electrons. The van der Waals surface area contributed by atoms with Crippen molar-refractivity contribution >= 4 is 38.9 Å². The van der Waals surface area contributed by atoms with Crippen molar-refractivity contribution in [3.05, 3.63) is 94.1 Å². The molecule has 1 aliphatic carbocycles. The van der Waals surface area contributed by atoms with Crippen LogP contribution < -0.4 is 0 Å². The van der Waals surface area contributed by atoms with Crippen molar-refractivity contribution in [1.29, 1.82) is 0 Å². The van der Waals surface area contributed by atoms with Crippen molar-refractivity contribution < 1.29 is 19.4 Å². The number of benzene rings is 3. The topological polar surface area (TPSA) is 82.6 Å². The number of carboxylic acids is 1. The van der Waals surface area contributed by atoms with Gasteiger partial charge in [-0.3, -0.25) is 4.90 Å². The Morgan fingerprint density at radius 2 is 1.59 bits per heavy atom. The van der Waals surface area contributed by atoms with Gasteiger partial charge in [-0.15, -0.1) is 0 Å². The first-order valence-corrected chi connectivity index (χ1v) is 11.8. The lowest BCUT2D eigenvalue weighted by Gasteiger charge is -2.25. The number of para-hydroxylation sites is 1. The number of nitrogens with one attached hydrogen (secondary N) is 1. The predicted octanol–water partition coefficient (Wildman–Crippen LogP) is 5.81. The number of ether oxygens (including phenoxy) is 1. The zero-order valence-corrected chi connectivity index (χ0v) is 20.1. The number of nitrogens with zero attached hydrogens (tertiary/aromatic N) is 1. The Kier molecular flexibility index (Phi) is 5.87. The van der Waals surface area contributed by atoms with E-state index in [1.807, 2.05) is 60.7 Å². The fourth-order valence-electron chi connectivity index (χ4n) is 4.77. The van der Waals surface area contributed by atoms with Gasteiger partial charge in [0.05, 0.1) is 4.60 Å². The number of carbonyl (C=O) groups is 2. The van der Waals surface area contributed by atoms with Gasteiger partial charge >= 0.3 is 12.1 Å². The summed E-state index contributed by atoms with van der Waals surface area (Å²) in [6.45, 7) is 0.139. The third-order valence-corrected chi connectivity index (χ3v) is 7.21. The molecule has 4 aromatic rings. The fraction of sp³-hybridized carbons (Fsp3) is 0.185. The first-order valence-electron chi connectivity index (χ1n) is 11.0. The monoisotopic (exact) mass is 518 g/mol. The maximum atomic E-state index is 13.0. The number of aliphatic carboxylic acids is 1. The Bertz CT molecular complexity index is 1350. The molecule has 0 fully saturated rings. The number of likely N-dealkylation sites (N-methyl/N-ethyl adjacent to an activating group) is 1. The molecule has 172 valence electrons. The van der Waals surface area contributed by atoms with Crippen molar-refractivity contribution in [1.82, 2.24) is 9.88 Å². The van der Waals surface area contributed by atoms with Gasteiger partial charge in [0.25, 0.3) is 0 Å². The third kappa shape index (κ3) is 3.86. The summed E-state index contributed by atoms with van der Waals surface area (Å²) in [4.78, 5) is 29.5. The molecule has 1 aliphatic rings. The lowest BCUT2D eigenvalue weighted by atomic mass is 9.98. The number of aromatic amines is 1. The van der Waals surface area contributed by atoms with Crippen LogP contribution in [0.25, 0.3) is 22.0 Å². The van der Waals surface area contributed by atoms with E-state index < -0.39 is 18.1 Å². The lowest BCUT2D eigenvalue weighted by Crippen LogP contribution is -2.44. The van der Waals surface area contributed by atoms with Crippen LogP contribution in [0.4, 0.5) is 4.79 Å². The fourth-order valence-corrected chi connectivity index (χ4v) is 5.36. The number of rotatable bonds is 6. The Hall–Kier alpha value is -3.58. The smallest absolute Gasteiger partial charge is 0.410 e. The third-order valence-electron chi connectivity index (χ3n) is 6.54. The van der Waals surface area contributed by atoms with Crippen LogP contribution in [0.15, 0.2) is 77.4 Å². The number of carboxylic acid groups (broad SMARTS) is 1. The Labute approximate surface area is 205 Å². The SMILES string of the molecule is CN(C(=O)OCC1c2ccccc2-c2ccccc21)[C@H](Cc1c(Br)[nH]c2ccccc12)C(=O)O. The van der Waals surface area contributed by atoms with Crippen molar-refractivity contribution in [2.45, 2.75) is 18.4 Å². The lowest BCUT2D eigenvalue weighted by molar-refractivity contribution is -0.142. The van der Waals surface area contributed by atoms with Gasteiger partial charge in [-0.05, 0) is 49.8 Å². The molecule has 0 bridgehead atoms. The van der Waals surface area contributed by atoms with Crippen molar-refractivity contribution in [3.63, 3.8) is 0 Å². The van der Waals surface area contributed by atoms with Crippen molar-refractivity contribution in [3.8, 4) is 11.1 Å². The summed E-state index contributed by atoms with van der Waals surface area (Å²) in [6, 6.07) is 22.8. The number of hydrogen-bond donors (Lipinski definition) is 2. The minimum Gasteiger partial charge on any atom is -0.480 e. The van der Waals surface area contributed by atoms with Crippen LogP contribution in [0.3, 0.4) is 0 Å². The van der Waals surface area contributed by atoms with Crippen molar-refractivity contribution in [2.75, 3.05) is 13.7 Å². The van der Waals surface area contributed by atoms with Gasteiger partial charge in [0.2, 0.25) is 0 Å². The normalized spacial score (nSPS) is 13.4. The number of aromatic nitrogens is 1. The molecule has 0 aliphatic heterocycles. The molecular formula is C27H23BrN2O4. The first kappa shape index (κ1) is 22.2. The molecule has 0 saturated carbocycles. The second-order valence-corrected chi connectivity index (χ2v) is 9.23. The summed E-state index contributed by atoms with van der Waals surface area (Å²) in [5, 5.41) is 10.8. The van der Waals surface area contributed by atoms with Crippen LogP contribution in [0.5, 0.6) is 0 Å². The van der Waals surface area contributed by atoms with Crippen LogP contribution in [0, 0.1) is 0 Å². The molecule has 1 amide bonds. The van der Waals surface area contributed by atoms with Gasteiger partial charge in [0.1, 0.15) is 12.6 Å². The molecular weight excluding hydrogens is 496 g/mol. The second-order valence-electron chi connectivity index (χ2n) is 8.44. The van der Waals surface area contributed by atoms with E-state index >= 15 is 0 Å². The quantitative estimate of drug-likeness (QED) is 0.337. The molecule has 3 aromatic carbocycles. The van der Waals surface area contributed by atoms with Gasteiger partial charge < -0.3 is 14.8 Å². The highest BCUT2D eigenvalue weighted by molar-refractivity contribution is 9.10. The maximum absolute atomic E-state index is 13.0. The number of H-pyrrole nitrogens is 1. The van der Waals surface area contributed by atoms with Crippen molar-refractivity contribution in [2.24, 2.45) is 0 Å². The van der Waals surface area contributed by atoms with Gasteiger partial charge in [-0.25, -0.2) is 9.59 Å². The molecule has 0 spiro atoms. The largest absolute Gasteiger partial charge is 0.480 e. The van der Waals surface area contributed by atoms with Gasteiger partial charge in [0, 0.05) is 30.3 Å². The Balaban J connectivity index is 1.34. The number of fused-ring (bicyclic) bond motifs is 4. The van der Waals surface area contributed by atoms with E-state index in [-0.39, 0.29) is 18.9 Å². The molecule has 1 heterocycles. The summed E-state index contributed by atoms with van der Waals surface area (Å²) < 4.78 is 6.38. The minimum absolute atomic E-state index is 0.0872. The summed E-state index contributed by atoms with van der Waals surface area (Å²) in [7, 11) is 1.47. The van der Waals surface area contributed by atoms with E-state index in [0.29, 0.717) is 4.60 Å². The van der Waals surface area contributed by atoms with E-state index in [2.05, 4.69) is 33.0 Å². The number of hydrogen-bond acceptors (Lipinski definition) is 3. The van der Waals surface area contributed by atoms with Gasteiger partial charge in [-0.1, -0.05) is 66.7 Å². The van der Waals surface area contributed by atoms with Crippen LogP contribution in [-0.2, 0) is 16.0 Å². The minimum atomic E-state index is -1.09. The molecule has 6 nitrogen and oxygen atoms in total. The summed E-state index contributed by atoms with van der Waals surface area (Å²) >= 11 is 3.50. The Morgan fingerprint density at radius 3 is 2.24 bits per heavy atom. The second kappa shape index (κ2) is 8.99. The van der Waals surface area contributed by atoms with E-state index in [4.69, 9.17) is 4.74 Å². The zero-order valence-electron chi connectivity index (χ0n) is 18.5. The molecule has 2 N–H and O–H groups in total. The standard InChI is InChI=1S/C27H23BrN2O4/c1-30(24(26(31)32)14-21-20-12-6-7-13-23(20)29-25(21)28)27(33)34-15-22-18-10-4-2-8-16(18)17-9-3-5-11-19(17)22/h2-13,22,24,29H,14-15H2,1H3,(H,31,32)/t24-/m1/s1.